The van der Waals surface area contributed by atoms with E-state index in [-0.39, 0.29) is 30.8 Å². The van der Waals surface area contributed by atoms with Crippen LogP contribution < -0.4 is 10.7 Å². The highest BCUT2D eigenvalue weighted by Crippen LogP contribution is 2.17. The van der Waals surface area contributed by atoms with Gasteiger partial charge in [-0.1, -0.05) is 29.8 Å². The Kier molecular flexibility index (Phi) is 7.77. The maximum atomic E-state index is 13.5. The number of rotatable bonds is 8. The van der Waals surface area contributed by atoms with Gasteiger partial charge in [-0.15, -0.1) is 0 Å². The van der Waals surface area contributed by atoms with E-state index in [1.165, 1.54) is 0 Å². The number of fused-ring (bicyclic) bond motifs is 1. The number of hydrogen-bond donors (Lipinski definition) is 2. The van der Waals surface area contributed by atoms with Crippen molar-refractivity contribution in [2.75, 3.05) is 32.9 Å². The molecule has 33 heavy (non-hydrogen) atoms. The average molecular weight is 469 g/mol. The highest BCUT2D eigenvalue weighted by Gasteiger charge is 2.20. The third kappa shape index (κ3) is 5.81. The zero-order valence-electron chi connectivity index (χ0n) is 18.4. The van der Waals surface area contributed by atoms with Gasteiger partial charge >= 0.3 is 0 Å². The summed E-state index contributed by atoms with van der Waals surface area (Å²) in [7, 11) is 0. The van der Waals surface area contributed by atoms with E-state index < -0.39 is 5.91 Å². The second-order valence-electron chi connectivity index (χ2n) is 7.94. The number of nitrogens with one attached hydrogen (secondary N) is 2. The van der Waals surface area contributed by atoms with Crippen LogP contribution in [-0.2, 0) is 29.2 Å². The van der Waals surface area contributed by atoms with Crippen LogP contribution >= 0.6 is 11.6 Å². The smallest absolute Gasteiger partial charge is 0.257 e. The molecule has 1 aliphatic heterocycles. The van der Waals surface area contributed by atoms with E-state index >= 15 is 0 Å². The maximum absolute atomic E-state index is 13.5. The molecule has 0 atom stereocenters. The number of H-pyrrole nitrogens is 1. The van der Waals surface area contributed by atoms with Crippen LogP contribution in [0.1, 0.15) is 27.2 Å². The lowest BCUT2D eigenvalue weighted by molar-refractivity contribution is 0.0342. The molecule has 2 aromatic carbocycles. The lowest BCUT2D eigenvalue weighted by atomic mass is 10.0. The highest BCUT2D eigenvalue weighted by molar-refractivity contribution is 6.30. The summed E-state index contributed by atoms with van der Waals surface area (Å²) in [5, 5.41) is 3.95. The number of benzene rings is 2. The molecule has 1 aliphatic rings. The second-order valence-corrected chi connectivity index (χ2v) is 8.37. The largest absolute Gasteiger partial charge is 0.379 e. The molecule has 3 aromatic rings. The van der Waals surface area contributed by atoms with Crippen LogP contribution in [-0.4, -0.2) is 48.7 Å². The Morgan fingerprint density at radius 1 is 1.15 bits per heavy atom. The highest BCUT2D eigenvalue weighted by atomic mass is 35.5. The molecule has 2 N–H and O–H groups in total. The summed E-state index contributed by atoms with van der Waals surface area (Å²) in [6.45, 7) is 8.12. The molecule has 1 saturated heterocycles. The number of halogens is 1. The lowest BCUT2D eigenvalue weighted by Crippen LogP contribution is -2.35. The zero-order chi connectivity index (χ0) is 23.2. The van der Waals surface area contributed by atoms with Crippen molar-refractivity contribution in [1.82, 2.24) is 15.2 Å². The van der Waals surface area contributed by atoms with Crippen LogP contribution in [0.15, 0.2) is 47.3 Å². The van der Waals surface area contributed by atoms with Crippen molar-refractivity contribution in [3.05, 3.63) is 87.0 Å². The molecule has 4 rings (SSSR count). The lowest BCUT2D eigenvalue weighted by Gasteiger charge is -2.26. The van der Waals surface area contributed by atoms with Crippen LogP contribution in [0.25, 0.3) is 10.9 Å². The van der Waals surface area contributed by atoms with E-state index in [0.29, 0.717) is 34.8 Å². The van der Waals surface area contributed by atoms with Gasteiger partial charge in [0, 0.05) is 48.7 Å². The Hall–Kier alpha value is -2.71. The first kappa shape index (κ1) is 23.4. The van der Waals surface area contributed by atoms with E-state index in [0.717, 1.165) is 30.8 Å². The number of amides is 1. The Balaban J connectivity index is 1.63. The summed E-state index contributed by atoms with van der Waals surface area (Å²) >= 11 is 5.93. The minimum atomic E-state index is -0.450. The third-order valence-electron chi connectivity index (χ3n) is 5.64. The number of ether oxygens (including phenoxy) is 2. The topological polar surface area (TPSA) is 83.7 Å². The van der Waals surface area contributed by atoms with Gasteiger partial charge in [-0.05, 0) is 42.3 Å². The molecule has 0 spiro atoms. The first-order valence-corrected chi connectivity index (χ1v) is 11.3. The van der Waals surface area contributed by atoms with Crippen LogP contribution in [0, 0.1) is 6.92 Å². The number of carbonyl (C=O) groups excluding carboxylic acids is 1. The quantitative estimate of drug-likeness (QED) is 0.530. The van der Waals surface area contributed by atoms with Crippen LogP contribution in [0.2, 0.25) is 5.02 Å². The van der Waals surface area contributed by atoms with E-state index in [2.05, 4.69) is 22.1 Å². The van der Waals surface area contributed by atoms with Crippen LogP contribution in [0.4, 0.5) is 0 Å². The van der Waals surface area contributed by atoms with Gasteiger partial charge in [0.1, 0.15) is 5.56 Å². The van der Waals surface area contributed by atoms with Crippen molar-refractivity contribution < 1.29 is 14.3 Å². The molecule has 0 aliphatic carbocycles. The molecule has 1 fully saturated rings. The van der Waals surface area contributed by atoms with E-state index in [4.69, 9.17) is 21.1 Å². The van der Waals surface area contributed by atoms with Gasteiger partial charge in [0.2, 0.25) is 5.43 Å². The molecule has 173 valence electrons. The molecule has 8 heteroatoms. The molecule has 0 unspecified atom stereocenters. The van der Waals surface area contributed by atoms with Crippen molar-refractivity contribution >= 4 is 28.4 Å². The number of carbonyl (C=O) groups is 1. The summed E-state index contributed by atoms with van der Waals surface area (Å²) < 4.78 is 10.8. The van der Waals surface area contributed by atoms with Gasteiger partial charge in [-0.2, -0.15) is 0 Å². The summed E-state index contributed by atoms with van der Waals surface area (Å²) in [4.78, 5) is 32.0. The normalized spacial score (nSPS) is 14.5. The minimum absolute atomic E-state index is 0.0634. The van der Waals surface area contributed by atoms with Crippen molar-refractivity contribution in [3.8, 4) is 0 Å². The third-order valence-corrected chi connectivity index (χ3v) is 5.89. The molecular formula is C25H27ClN3O4. The molecule has 1 radical (unpaired) electrons. The molecule has 1 amide bonds. The molecular weight excluding hydrogens is 442 g/mol. The van der Waals surface area contributed by atoms with Gasteiger partial charge in [-0.25, -0.2) is 0 Å². The van der Waals surface area contributed by atoms with Gasteiger partial charge < -0.3 is 19.8 Å². The van der Waals surface area contributed by atoms with Gasteiger partial charge in [0.15, 0.2) is 0 Å². The standard InChI is InChI=1S/C25H27ClN3O4/c1-2-32-16-22-23(25(31)27-14-17-3-6-19(26)7-4-17)24(30)20-13-18(5-8-21(20)28-22)15-29-9-11-33-12-10-29/h3-8,13H,1-2,9-12,14-16H2,(H,27,31)(H,28,30). The summed E-state index contributed by atoms with van der Waals surface area (Å²) in [5.74, 6) is -0.450. The van der Waals surface area contributed by atoms with Crippen molar-refractivity contribution in [1.29, 1.82) is 0 Å². The van der Waals surface area contributed by atoms with Crippen LogP contribution in [0.5, 0.6) is 0 Å². The number of pyridine rings is 1. The monoisotopic (exact) mass is 468 g/mol. The summed E-state index contributed by atoms with van der Waals surface area (Å²) in [6, 6.07) is 12.9. The number of morpholine rings is 1. The predicted molar refractivity (Wildman–Crippen MR) is 128 cm³/mol. The molecule has 7 nitrogen and oxygen atoms in total. The number of aromatic nitrogens is 1. The minimum Gasteiger partial charge on any atom is -0.379 e. The maximum Gasteiger partial charge on any atom is 0.257 e. The van der Waals surface area contributed by atoms with E-state index in [1.54, 1.807) is 12.1 Å². The van der Waals surface area contributed by atoms with Gasteiger partial charge in [0.05, 0.1) is 25.5 Å². The first-order valence-electron chi connectivity index (χ1n) is 10.9. The Bertz CT molecular complexity index is 1170. The molecule has 0 bridgehead atoms. The molecule has 0 saturated carbocycles. The number of aromatic amines is 1. The predicted octanol–water partition coefficient (Wildman–Crippen LogP) is 3.29. The van der Waals surface area contributed by atoms with Crippen molar-refractivity contribution in [2.24, 2.45) is 0 Å². The number of hydrogen-bond acceptors (Lipinski definition) is 5. The van der Waals surface area contributed by atoms with Crippen LogP contribution in [0.3, 0.4) is 0 Å². The van der Waals surface area contributed by atoms with E-state index in [1.807, 2.05) is 30.3 Å². The Labute approximate surface area is 197 Å². The van der Waals surface area contributed by atoms with E-state index in [9.17, 15) is 9.59 Å². The fraction of sp³-hybridized carbons (Fsp3) is 0.320. The fourth-order valence-electron chi connectivity index (χ4n) is 3.90. The fourth-order valence-corrected chi connectivity index (χ4v) is 4.02. The van der Waals surface area contributed by atoms with Gasteiger partial charge in [-0.3, -0.25) is 14.5 Å². The average Bonchev–Trinajstić information content (AvgIpc) is 2.83. The zero-order valence-corrected chi connectivity index (χ0v) is 19.1. The Morgan fingerprint density at radius 3 is 2.61 bits per heavy atom. The number of nitrogens with zero attached hydrogens (tertiary/aromatic N) is 1. The SMILES string of the molecule is [CH2]COCc1[nH]c2ccc(CN3CCOCC3)cc2c(=O)c1C(=O)NCc1ccc(Cl)cc1. The van der Waals surface area contributed by atoms with Crippen molar-refractivity contribution in [3.63, 3.8) is 0 Å². The summed E-state index contributed by atoms with van der Waals surface area (Å²) in [5.41, 5.74) is 2.75. The molecule has 2 heterocycles. The Morgan fingerprint density at radius 2 is 1.88 bits per heavy atom. The summed E-state index contributed by atoms with van der Waals surface area (Å²) in [6.07, 6.45) is 0. The molecule has 1 aromatic heterocycles. The second kappa shape index (κ2) is 10.9. The van der Waals surface area contributed by atoms with Crippen molar-refractivity contribution in [2.45, 2.75) is 19.7 Å². The first-order chi connectivity index (χ1) is 16.0. The van der Waals surface area contributed by atoms with Gasteiger partial charge in [0.25, 0.3) is 5.91 Å².